The van der Waals surface area contributed by atoms with Gasteiger partial charge in [0.05, 0.1) is 6.67 Å². The molecule has 7 nitrogen and oxygen atoms in total. The highest BCUT2D eigenvalue weighted by Gasteiger charge is 2.35. The second-order valence-electron chi connectivity index (χ2n) is 6.29. The second kappa shape index (κ2) is 6.82. The summed E-state index contributed by atoms with van der Waals surface area (Å²) >= 11 is 1.42. The number of rotatable bonds is 6. The molecule has 1 saturated carbocycles. The van der Waals surface area contributed by atoms with Crippen LogP contribution in [0, 0.1) is 5.92 Å². The summed E-state index contributed by atoms with van der Waals surface area (Å²) in [6, 6.07) is -0.274. The monoisotopic (exact) mass is 337 g/mol. The minimum Gasteiger partial charge on any atom is -0.323 e. The van der Waals surface area contributed by atoms with Gasteiger partial charge in [-0.2, -0.15) is 0 Å². The predicted molar refractivity (Wildman–Crippen MR) is 88.3 cm³/mol. The highest BCUT2D eigenvalue weighted by atomic mass is 32.1. The normalized spacial score (nSPS) is 18.1. The summed E-state index contributed by atoms with van der Waals surface area (Å²) in [5, 5.41) is 12.5. The van der Waals surface area contributed by atoms with Crippen LogP contribution in [0.3, 0.4) is 0 Å². The van der Waals surface area contributed by atoms with Crippen LogP contribution >= 0.6 is 11.3 Å². The minimum absolute atomic E-state index is 0.0297. The number of hydrogen-bond acceptors (Lipinski definition) is 5. The molecular weight excluding hydrogens is 314 g/mol. The Balaban J connectivity index is 1.55. The quantitative estimate of drug-likeness (QED) is 0.865. The molecule has 0 aromatic carbocycles. The van der Waals surface area contributed by atoms with Crippen molar-refractivity contribution in [1.29, 1.82) is 0 Å². The number of carbonyl (C=O) groups excluding carboxylic acids is 2. The van der Waals surface area contributed by atoms with Crippen molar-refractivity contribution < 1.29 is 9.59 Å². The fraction of sp³-hybridized carbons (Fsp3) is 0.733. The predicted octanol–water partition coefficient (Wildman–Crippen LogP) is 2.49. The number of nitrogens with one attached hydrogen (secondary N) is 1. The first-order valence-electron chi connectivity index (χ1n) is 8.27. The number of carbonyl (C=O) groups is 2. The topological polar surface area (TPSA) is 78.4 Å². The zero-order valence-corrected chi connectivity index (χ0v) is 14.4. The van der Waals surface area contributed by atoms with Crippen molar-refractivity contribution in [3.8, 4) is 0 Å². The van der Waals surface area contributed by atoms with Crippen molar-refractivity contribution in [3.63, 3.8) is 0 Å². The molecule has 2 fully saturated rings. The lowest BCUT2D eigenvalue weighted by Gasteiger charge is -2.17. The summed E-state index contributed by atoms with van der Waals surface area (Å²) in [6.07, 6.45) is 4.41. The molecule has 8 heteroatoms. The summed E-state index contributed by atoms with van der Waals surface area (Å²) in [4.78, 5) is 27.6. The number of urea groups is 1. The first-order valence-corrected chi connectivity index (χ1v) is 9.09. The van der Waals surface area contributed by atoms with E-state index in [0.29, 0.717) is 23.6 Å². The van der Waals surface area contributed by atoms with Gasteiger partial charge < -0.3 is 4.90 Å². The van der Waals surface area contributed by atoms with E-state index in [1.807, 2.05) is 0 Å². The van der Waals surface area contributed by atoms with Crippen molar-refractivity contribution >= 4 is 28.4 Å². The van der Waals surface area contributed by atoms with Crippen LogP contribution in [-0.2, 0) is 4.79 Å². The molecule has 3 amide bonds. The average Bonchev–Trinajstić information content (AvgIpc) is 3.11. The summed E-state index contributed by atoms with van der Waals surface area (Å²) in [7, 11) is 0. The largest absolute Gasteiger partial charge is 0.325 e. The Morgan fingerprint density at radius 3 is 2.74 bits per heavy atom. The smallest absolute Gasteiger partial charge is 0.323 e. The van der Waals surface area contributed by atoms with Crippen LogP contribution in [0.2, 0.25) is 0 Å². The van der Waals surface area contributed by atoms with Gasteiger partial charge in [0, 0.05) is 12.5 Å². The number of nitrogens with zero attached hydrogens (tertiary/aromatic N) is 4. The van der Waals surface area contributed by atoms with E-state index >= 15 is 0 Å². The number of aromatic nitrogens is 2. The molecule has 1 saturated heterocycles. The highest BCUT2D eigenvalue weighted by molar-refractivity contribution is 7.15. The summed E-state index contributed by atoms with van der Waals surface area (Å²) in [5.41, 5.74) is 0. The fourth-order valence-electron chi connectivity index (χ4n) is 2.76. The number of hydrogen-bond donors (Lipinski definition) is 1. The van der Waals surface area contributed by atoms with E-state index in [1.54, 1.807) is 4.90 Å². The molecule has 0 unspecified atom stereocenters. The lowest BCUT2D eigenvalue weighted by atomic mass is 10.1. The van der Waals surface area contributed by atoms with Crippen molar-refractivity contribution in [2.45, 2.75) is 45.4 Å². The van der Waals surface area contributed by atoms with Crippen molar-refractivity contribution in [3.05, 3.63) is 5.01 Å². The maximum absolute atomic E-state index is 12.3. The molecule has 2 aliphatic rings. The third-order valence-corrected chi connectivity index (χ3v) is 5.47. The zero-order valence-electron chi connectivity index (χ0n) is 13.6. The average molecular weight is 337 g/mol. The first kappa shape index (κ1) is 16.2. The Labute approximate surface area is 140 Å². The zero-order chi connectivity index (χ0) is 16.4. The van der Waals surface area contributed by atoms with E-state index in [0.717, 1.165) is 24.4 Å². The van der Waals surface area contributed by atoms with E-state index in [2.05, 4.69) is 29.4 Å². The maximum atomic E-state index is 12.3. The van der Waals surface area contributed by atoms with Gasteiger partial charge in [-0.25, -0.2) is 4.79 Å². The summed E-state index contributed by atoms with van der Waals surface area (Å²) < 4.78 is 0. The van der Waals surface area contributed by atoms with Crippen molar-refractivity contribution in [2.24, 2.45) is 5.92 Å². The van der Waals surface area contributed by atoms with E-state index in [-0.39, 0.29) is 18.5 Å². The molecule has 0 radical (unpaired) electrons. The van der Waals surface area contributed by atoms with Crippen LogP contribution in [-0.4, -0.2) is 51.7 Å². The van der Waals surface area contributed by atoms with Gasteiger partial charge in [-0.3, -0.25) is 15.0 Å². The van der Waals surface area contributed by atoms with Crippen LogP contribution < -0.4 is 5.32 Å². The van der Waals surface area contributed by atoms with Crippen molar-refractivity contribution in [1.82, 2.24) is 20.0 Å². The Morgan fingerprint density at radius 2 is 2.09 bits per heavy atom. The molecule has 2 heterocycles. The van der Waals surface area contributed by atoms with Gasteiger partial charge in [0.2, 0.25) is 11.0 Å². The van der Waals surface area contributed by atoms with Crippen LogP contribution in [0.25, 0.3) is 0 Å². The fourth-order valence-corrected chi connectivity index (χ4v) is 3.76. The van der Waals surface area contributed by atoms with E-state index in [9.17, 15) is 9.59 Å². The highest BCUT2D eigenvalue weighted by Crippen LogP contribution is 2.31. The van der Waals surface area contributed by atoms with Crippen molar-refractivity contribution in [2.75, 3.05) is 25.1 Å². The lowest BCUT2D eigenvalue weighted by Crippen LogP contribution is -2.35. The Hall–Kier alpha value is -1.70. The molecule has 3 rings (SSSR count). The molecule has 23 heavy (non-hydrogen) atoms. The van der Waals surface area contributed by atoms with Gasteiger partial charge in [-0.05, 0) is 31.6 Å². The third-order valence-electron chi connectivity index (χ3n) is 4.47. The summed E-state index contributed by atoms with van der Waals surface area (Å²) in [5.74, 6) is 1.05. The van der Waals surface area contributed by atoms with Crippen LogP contribution in [0.5, 0.6) is 0 Å². The molecule has 1 aromatic rings. The number of anilines is 1. The molecule has 1 N–H and O–H groups in total. The molecule has 0 atom stereocenters. The third kappa shape index (κ3) is 3.80. The Bertz CT molecular complexity index is 582. The van der Waals surface area contributed by atoms with Gasteiger partial charge in [0.15, 0.2) is 0 Å². The first-order chi connectivity index (χ1) is 11.1. The van der Waals surface area contributed by atoms with Gasteiger partial charge in [-0.15, -0.1) is 10.2 Å². The Morgan fingerprint density at radius 1 is 1.35 bits per heavy atom. The van der Waals surface area contributed by atoms with Crippen LogP contribution in [0.4, 0.5) is 9.93 Å². The molecule has 1 aliphatic heterocycles. The van der Waals surface area contributed by atoms with E-state index in [1.165, 1.54) is 29.1 Å². The standard InChI is InChI=1S/C15H23N5O2S/c1-3-11(4-2)13-17-18-14(23-13)16-15(22)20-8-12(21)19(9-20)7-10-5-6-10/h10-11H,3-9H2,1-2H3,(H,16,18,22). The molecular formula is C15H23N5O2S. The lowest BCUT2D eigenvalue weighted by molar-refractivity contribution is -0.126. The van der Waals surface area contributed by atoms with Gasteiger partial charge >= 0.3 is 6.03 Å². The molecule has 126 valence electrons. The number of amides is 3. The molecule has 0 bridgehead atoms. The van der Waals surface area contributed by atoms with Crippen LogP contribution in [0.1, 0.15) is 50.5 Å². The van der Waals surface area contributed by atoms with Crippen LogP contribution in [0.15, 0.2) is 0 Å². The van der Waals surface area contributed by atoms with Gasteiger partial charge in [-0.1, -0.05) is 25.2 Å². The molecule has 1 aliphatic carbocycles. The SMILES string of the molecule is CCC(CC)c1nnc(NC(=O)N2CC(=O)N(CC3CC3)C2)s1. The maximum Gasteiger partial charge on any atom is 0.325 e. The van der Waals surface area contributed by atoms with Gasteiger partial charge in [0.1, 0.15) is 11.6 Å². The second-order valence-corrected chi connectivity index (χ2v) is 7.30. The Kier molecular flexibility index (Phi) is 4.79. The summed E-state index contributed by atoms with van der Waals surface area (Å²) in [6.45, 7) is 5.55. The van der Waals surface area contributed by atoms with E-state index < -0.39 is 0 Å². The molecule has 1 aromatic heterocycles. The van der Waals surface area contributed by atoms with E-state index in [4.69, 9.17) is 0 Å². The minimum atomic E-state index is -0.274. The van der Waals surface area contributed by atoms with Gasteiger partial charge in [0.25, 0.3) is 0 Å². The molecule has 0 spiro atoms.